The summed E-state index contributed by atoms with van der Waals surface area (Å²) < 4.78 is 12.8. The van der Waals surface area contributed by atoms with Crippen LogP contribution in [0.2, 0.25) is 13.3 Å². The number of aliphatic hydroxyl groups is 1. The molecule has 5 rings (SSSR count). The van der Waals surface area contributed by atoms with Gasteiger partial charge in [0.2, 0.25) is 0 Å². The van der Waals surface area contributed by atoms with E-state index in [9.17, 15) is 14.7 Å². The number of pyridine rings is 2. The Balaban J connectivity index is 1.61. The van der Waals surface area contributed by atoms with Gasteiger partial charge in [0.05, 0.1) is 0 Å². The van der Waals surface area contributed by atoms with Crippen molar-refractivity contribution in [3.8, 4) is 11.4 Å². The zero-order chi connectivity index (χ0) is 27.8. The van der Waals surface area contributed by atoms with Gasteiger partial charge in [0.25, 0.3) is 0 Å². The van der Waals surface area contributed by atoms with Crippen LogP contribution in [0.25, 0.3) is 22.3 Å². The third-order valence-electron chi connectivity index (χ3n) is 9.15. The molecule has 0 aliphatic carbocycles. The number of cyclic esters (lactones) is 1. The second-order valence-corrected chi connectivity index (χ2v) is 24.8. The van der Waals surface area contributed by atoms with E-state index in [0.717, 1.165) is 22.2 Å². The van der Waals surface area contributed by atoms with Crippen LogP contribution in [0, 0.1) is 0 Å². The van der Waals surface area contributed by atoms with Gasteiger partial charge in [0, 0.05) is 0 Å². The topological polar surface area (TPSA) is 81.4 Å². The Hall–Kier alpha value is -2.19. The Labute approximate surface area is 235 Å². The van der Waals surface area contributed by atoms with Crippen LogP contribution in [0.3, 0.4) is 0 Å². The Bertz CT molecular complexity index is 1440. The molecular formula is C32H42N2O4Sn. The molecule has 6 nitrogen and oxygen atoms in total. The summed E-state index contributed by atoms with van der Waals surface area (Å²) in [6, 6.07) is 11.0. The van der Waals surface area contributed by atoms with Crippen molar-refractivity contribution in [2.75, 3.05) is 0 Å². The van der Waals surface area contributed by atoms with E-state index in [1.807, 2.05) is 0 Å². The normalized spacial score (nSPS) is 18.1. The number of esters is 1. The molecule has 0 fully saturated rings. The molecule has 1 aromatic carbocycles. The van der Waals surface area contributed by atoms with Crippen molar-refractivity contribution < 1.29 is 14.6 Å². The molecule has 0 saturated heterocycles. The third-order valence-corrected chi connectivity index (χ3v) is 24.8. The van der Waals surface area contributed by atoms with E-state index < -0.39 is 29.9 Å². The van der Waals surface area contributed by atoms with Crippen molar-refractivity contribution in [2.45, 2.75) is 105 Å². The van der Waals surface area contributed by atoms with Crippen molar-refractivity contribution in [2.24, 2.45) is 0 Å². The van der Waals surface area contributed by atoms with Crippen LogP contribution < -0.4 is 9.14 Å². The van der Waals surface area contributed by atoms with Crippen LogP contribution in [0.4, 0.5) is 0 Å². The number of hydrogen-bond donors (Lipinski definition) is 1. The van der Waals surface area contributed by atoms with Crippen molar-refractivity contribution in [3.05, 3.63) is 57.4 Å². The summed E-state index contributed by atoms with van der Waals surface area (Å²) in [5, 5.41) is 12.3. The molecule has 2 aliphatic rings. The van der Waals surface area contributed by atoms with E-state index in [0.29, 0.717) is 23.4 Å². The van der Waals surface area contributed by atoms with Crippen LogP contribution >= 0.6 is 0 Å². The van der Waals surface area contributed by atoms with Gasteiger partial charge in [-0.05, 0) is 0 Å². The maximum absolute atomic E-state index is 13.5. The number of hydrogen-bond acceptors (Lipinski definition) is 5. The number of nitrogens with zero attached hydrogens (tertiary/aromatic N) is 2. The molecule has 3 aromatic rings. The van der Waals surface area contributed by atoms with Crippen molar-refractivity contribution in [1.82, 2.24) is 9.55 Å². The minimum atomic E-state index is -2.59. The van der Waals surface area contributed by atoms with Gasteiger partial charge in [0.1, 0.15) is 0 Å². The molecule has 208 valence electrons. The van der Waals surface area contributed by atoms with Crippen LogP contribution in [0.15, 0.2) is 35.1 Å². The molecule has 0 radical (unpaired) electrons. The van der Waals surface area contributed by atoms with E-state index in [1.165, 1.54) is 51.8 Å². The van der Waals surface area contributed by atoms with E-state index in [1.54, 1.807) is 21.1 Å². The quantitative estimate of drug-likeness (QED) is 0.158. The van der Waals surface area contributed by atoms with E-state index in [-0.39, 0.29) is 18.6 Å². The maximum atomic E-state index is 13.5. The summed E-state index contributed by atoms with van der Waals surface area (Å²) in [4.78, 5) is 31.0. The Kier molecular flexibility index (Phi) is 8.25. The van der Waals surface area contributed by atoms with Crippen LogP contribution in [-0.2, 0) is 28.3 Å². The van der Waals surface area contributed by atoms with Crippen molar-refractivity contribution in [1.29, 1.82) is 0 Å². The van der Waals surface area contributed by atoms with E-state index >= 15 is 0 Å². The molecule has 1 atom stereocenters. The molecule has 0 saturated carbocycles. The molecular weight excluding hydrogens is 595 g/mol. The van der Waals surface area contributed by atoms with Crippen LogP contribution in [0.1, 0.15) is 89.3 Å². The van der Waals surface area contributed by atoms with Crippen molar-refractivity contribution in [3.63, 3.8) is 0 Å². The van der Waals surface area contributed by atoms with Crippen LogP contribution in [0.5, 0.6) is 0 Å². The average Bonchev–Trinajstić information content (AvgIpc) is 3.31. The molecule has 39 heavy (non-hydrogen) atoms. The fraction of sp³-hybridized carbons (Fsp3) is 0.531. The summed E-state index contributed by atoms with van der Waals surface area (Å²) in [7, 11) is 0. The molecule has 0 bridgehead atoms. The van der Waals surface area contributed by atoms with Gasteiger partial charge in [-0.2, -0.15) is 0 Å². The Morgan fingerprint density at radius 1 is 0.974 bits per heavy atom. The van der Waals surface area contributed by atoms with Crippen LogP contribution in [-0.4, -0.2) is 39.0 Å². The molecule has 0 unspecified atom stereocenters. The summed E-state index contributed by atoms with van der Waals surface area (Å²) in [6.07, 6.45) is 7.86. The van der Waals surface area contributed by atoms with Gasteiger partial charge in [-0.3, -0.25) is 0 Å². The first kappa shape index (κ1) is 28.3. The van der Waals surface area contributed by atoms with Gasteiger partial charge < -0.3 is 0 Å². The second kappa shape index (κ2) is 11.4. The predicted molar refractivity (Wildman–Crippen MR) is 159 cm³/mol. The number of benzene rings is 1. The third kappa shape index (κ3) is 4.86. The standard InChI is InChI=1S/C20H15N2O4.3C4H9.Sn/c1-2-20(25)14-8-16-17-12(7-11-5-3-4-6-15(11)21-17)9-22(16)18(23)13(14)10-26-19(20)24;3*1-3-4-2;/h4-8,25H,2,9-10H2,1H3;3*1,3-4H2,2H3;/t20-;;;;/m0..../s1. The first-order valence-corrected chi connectivity index (χ1v) is 22.4. The molecule has 2 aliphatic heterocycles. The molecule has 1 N–H and O–H groups in total. The van der Waals surface area contributed by atoms with Gasteiger partial charge in [-0.1, -0.05) is 0 Å². The molecule has 0 amide bonds. The molecule has 7 heteroatoms. The molecule has 4 heterocycles. The van der Waals surface area contributed by atoms with Gasteiger partial charge >= 0.3 is 236 Å². The SMILES string of the molecule is CCC[CH2][Sn]([CH2]CCC)([CH2]CCC)[c]1ccc2nc3c(cc2c1)Cn1c-3cc2c(c1=O)COC(=O)[C@]2(O)CC. The summed E-state index contributed by atoms with van der Waals surface area (Å²) >= 11 is -2.59. The fourth-order valence-electron chi connectivity index (χ4n) is 6.67. The van der Waals surface area contributed by atoms with Gasteiger partial charge in [0.15, 0.2) is 0 Å². The Morgan fingerprint density at radius 2 is 1.64 bits per heavy atom. The summed E-state index contributed by atoms with van der Waals surface area (Å²) in [5.41, 5.74) is 2.11. The number of carbonyl (C=O) groups is 1. The fourth-order valence-corrected chi connectivity index (χ4v) is 22.7. The van der Waals surface area contributed by atoms with E-state index in [4.69, 9.17) is 9.72 Å². The minimum absolute atomic E-state index is 0.104. The summed E-state index contributed by atoms with van der Waals surface area (Å²) in [5.74, 6) is -0.692. The van der Waals surface area contributed by atoms with Gasteiger partial charge in [-0.25, -0.2) is 0 Å². The zero-order valence-electron chi connectivity index (χ0n) is 23.9. The van der Waals surface area contributed by atoms with E-state index in [2.05, 4.69) is 45.0 Å². The average molecular weight is 637 g/mol. The summed E-state index contributed by atoms with van der Waals surface area (Å²) in [6.45, 7) is 9.00. The van der Waals surface area contributed by atoms with Gasteiger partial charge in [-0.15, -0.1) is 0 Å². The molecule has 0 spiro atoms. The monoisotopic (exact) mass is 638 g/mol. The number of aromatic nitrogens is 2. The number of fused-ring (bicyclic) bond motifs is 5. The van der Waals surface area contributed by atoms with Crippen molar-refractivity contribution >= 4 is 38.8 Å². The second-order valence-electron chi connectivity index (χ2n) is 11.6. The zero-order valence-corrected chi connectivity index (χ0v) is 26.8. The Morgan fingerprint density at radius 3 is 2.26 bits per heavy atom. The number of unbranched alkanes of at least 4 members (excludes halogenated alkanes) is 3. The number of rotatable bonds is 11. The predicted octanol–water partition coefficient (Wildman–Crippen LogP) is 6.14. The first-order valence-electron chi connectivity index (χ1n) is 14.9. The first-order chi connectivity index (χ1) is 18.8. The molecule has 2 aromatic heterocycles. The number of carbonyl (C=O) groups excluding carboxylic acids is 1. The number of ether oxygens (including phenoxy) is 1.